The number of fused-ring (bicyclic) bond motifs is 2. The fourth-order valence-corrected chi connectivity index (χ4v) is 5.20. The summed E-state index contributed by atoms with van der Waals surface area (Å²) in [7, 11) is 0. The molecular weight excluding hydrogens is 423 g/mol. The van der Waals surface area contributed by atoms with Crippen molar-refractivity contribution in [2.45, 2.75) is 38.7 Å². The minimum absolute atomic E-state index is 0.0296. The van der Waals surface area contributed by atoms with E-state index in [9.17, 15) is 19.4 Å². The van der Waals surface area contributed by atoms with E-state index in [4.69, 9.17) is 0 Å². The number of allylic oxidation sites excluding steroid dienone is 1. The number of aromatic hydroxyl groups is 1. The highest BCUT2D eigenvalue weighted by molar-refractivity contribution is 6.03. The van der Waals surface area contributed by atoms with Gasteiger partial charge in [0.05, 0.1) is 22.9 Å². The number of benzene rings is 1. The van der Waals surface area contributed by atoms with E-state index < -0.39 is 6.10 Å². The van der Waals surface area contributed by atoms with Crippen molar-refractivity contribution in [3.05, 3.63) is 58.2 Å². The van der Waals surface area contributed by atoms with E-state index in [1.807, 2.05) is 13.0 Å². The fourth-order valence-electron chi connectivity index (χ4n) is 5.20. The van der Waals surface area contributed by atoms with E-state index in [-0.39, 0.29) is 24.1 Å². The zero-order valence-corrected chi connectivity index (χ0v) is 18.7. The maximum absolute atomic E-state index is 13.9. The molecule has 1 aromatic carbocycles. The summed E-state index contributed by atoms with van der Waals surface area (Å²) in [6.07, 6.45) is 5.08. The van der Waals surface area contributed by atoms with Gasteiger partial charge in [-0.15, -0.1) is 0 Å². The molecule has 174 valence electrons. The van der Waals surface area contributed by atoms with Crippen molar-refractivity contribution in [3.8, 4) is 5.88 Å². The predicted molar refractivity (Wildman–Crippen MR) is 125 cm³/mol. The third kappa shape index (κ3) is 4.05. The van der Waals surface area contributed by atoms with Crippen LogP contribution in [-0.4, -0.2) is 63.3 Å². The second-order valence-corrected chi connectivity index (χ2v) is 9.05. The zero-order valence-electron chi connectivity index (χ0n) is 18.7. The molecule has 0 saturated carbocycles. The number of rotatable bonds is 6. The van der Waals surface area contributed by atoms with Gasteiger partial charge in [-0.05, 0) is 69.5 Å². The van der Waals surface area contributed by atoms with Crippen LogP contribution in [0.5, 0.6) is 5.88 Å². The molecule has 1 atom stereocenters. The molecule has 3 heterocycles. The first-order valence-corrected chi connectivity index (χ1v) is 11.5. The summed E-state index contributed by atoms with van der Waals surface area (Å²) in [6, 6.07) is 4.35. The molecule has 5 N–H and O–H groups in total. The van der Waals surface area contributed by atoms with Crippen LogP contribution >= 0.6 is 0 Å². The Morgan fingerprint density at radius 3 is 2.85 bits per heavy atom. The van der Waals surface area contributed by atoms with Crippen LogP contribution in [0.1, 0.15) is 52.1 Å². The number of β-amino-alcohol motifs (C(OH)–C–C–N with tert-alkyl or cyclic N) is 1. The molecule has 3 aromatic rings. The van der Waals surface area contributed by atoms with E-state index in [2.05, 4.69) is 20.2 Å². The standard InChI is InChI=1S/C25H29FN4O3/c1-14-21(24(32)27-12-16(31)13-30-9-2-3-10-30)17-5-4-6-18(23(17)28-14)22-19-11-15(26)7-8-20(19)29-25(22)33/h6-8,11,16,28-29,31,33H,2-5,9-10,12-13H2,1H3,(H,27,32). The first-order valence-electron chi connectivity index (χ1n) is 11.5. The third-order valence-electron chi connectivity index (χ3n) is 6.71. The molecule has 1 aliphatic heterocycles. The lowest BCUT2D eigenvalue weighted by Crippen LogP contribution is -2.39. The molecule has 8 heteroatoms. The number of aryl methyl sites for hydroxylation is 1. The Bertz CT molecular complexity index is 1240. The van der Waals surface area contributed by atoms with Gasteiger partial charge in [0.2, 0.25) is 0 Å². The Hall–Kier alpha value is -3.10. The van der Waals surface area contributed by atoms with Crippen molar-refractivity contribution in [2.24, 2.45) is 0 Å². The Labute approximate surface area is 191 Å². The molecule has 5 rings (SSSR count). The lowest BCUT2D eigenvalue weighted by Gasteiger charge is -2.20. The number of H-pyrrole nitrogens is 2. The van der Waals surface area contributed by atoms with Gasteiger partial charge < -0.3 is 30.4 Å². The summed E-state index contributed by atoms with van der Waals surface area (Å²) in [5.74, 6) is -0.631. The largest absolute Gasteiger partial charge is 0.494 e. The molecule has 0 spiro atoms. The van der Waals surface area contributed by atoms with Crippen molar-refractivity contribution in [1.82, 2.24) is 20.2 Å². The number of aliphatic hydroxyl groups is 1. The van der Waals surface area contributed by atoms with Crippen molar-refractivity contribution >= 4 is 22.4 Å². The van der Waals surface area contributed by atoms with Crippen molar-refractivity contribution in [1.29, 1.82) is 0 Å². The Kier molecular flexibility index (Phi) is 5.72. The lowest BCUT2D eigenvalue weighted by atomic mass is 9.89. The molecule has 1 fully saturated rings. The average Bonchev–Trinajstić information content (AvgIpc) is 3.48. The highest BCUT2D eigenvalue weighted by atomic mass is 19.1. The van der Waals surface area contributed by atoms with Crippen LogP contribution in [0.4, 0.5) is 4.39 Å². The first kappa shape index (κ1) is 21.7. The smallest absolute Gasteiger partial charge is 0.253 e. The summed E-state index contributed by atoms with van der Waals surface area (Å²) in [5.41, 5.74) is 4.87. The van der Waals surface area contributed by atoms with Gasteiger partial charge in [-0.1, -0.05) is 6.08 Å². The minimum Gasteiger partial charge on any atom is -0.494 e. The Balaban J connectivity index is 1.40. The summed E-state index contributed by atoms with van der Waals surface area (Å²) in [4.78, 5) is 21.5. The number of aliphatic hydroxyl groups excluding tert-OH is 1. The number of carbonyl (C=O) groups excluding carboxylic acids is 1. The molecule has 1 saturated heterocycles. The molecule has 1 aliphatic carbocycles. The Morgan fingerprint density at radius 1 is 1.27 bits per heavy atom. The number of aromatic amines is 2. The van der Waals surface area contributed by atoms with Crippen LogP contribution in [0.15, 0.2) is 24.3 Å². The lowest BCUT2D eigenvalue weighted by molar-refractivity contribution is 0.0878. The maximum atomic E-state index is 13.9. The predicted octanol–water partition coefficient (Wildman–Crippen LogP) is 3.21. The van der Waals surface area contributed by atoms with E-state index in [1.54, 1.807) is 6.07 Å². The van der Waals surface area contributed by atoms with Gasteiger partial charge in [0.15, 0.2) is 5.88 Å². The van der Waals surface area contributed by atoms with Crippen LogP contribution in [0.2, 0.25) is 0 Å². The summed E-state index contributed by atoms with van der Waals surface area (Å²) in [6.45, 7) is 4.60. The van der Waals surface area contributed by atoms with Crippen LogP contribution in [0.25, 0.3) is 16.5 Å². The molecule has 0 bridgehead atoms. The summed E-state index contributed by atoms with van der Waals surface area (Å²) in [5, 5.41) is 24.4. The minimum atomic E-state index is -0.615. The molecular formula is C25H29FN4O3. The van der Waals surface area contributed by atoms with E-state index in [0.717, 1.165) is 48.5 Å². The van der Waals surface area contributed by atoms with Gasteiger partial charge in [0, 0.05) is 35.3 Å². The molecule has 33 heavy (non-hydrogen) atoms. The van der Waals surface area contributed by atoms with Gasteiger partial charge >= 0.3 is 0 Å². The maximum Gasteiger partial charge on any atom is 0.253 e. The normalized spacial score (nSPS) is 17.2. The number of halogens is 1. The number of carbonyl (C=O) groups is 1. The molecule has 2 aliphatic rings. The molecule has 1 unspecified atom stereocenters. The number of nitrogens with one attached hydrogen (secondary N) is 3. The number of nitrogens with zero attached hydrogens (tertiary/aromatic N) is 1. The quantitative estimate of drug-likeness (QED) is 0.396. The molecule has 7 nitrogen and oxygen atoms in total. The summed E-state index contributed by atoms with van der Waals surface area (Å²) < 4.78 is 13.9. The third-order valence-corrected chi connectivity index (χ3v) is 6.71. The van der Waals surface area contributed by atoms with E-state index in [1.165, 1.54) is 12.1 Å². The summed E-state index contributed by atoms with van der Waals surface area (Å²) >= 11 is 0. The van der Waals surface area contributed by atoms with Crippen LogP contribution < -0.4 is 5.32 Å². The van der Waals surface area contributed by atoms with Crippen LogP contribution in [0, 0.1) is 12.7 Å². The fraction of sp³-hybridized carbons (Fsp3) is 0.400. The molecule has 0 radical (unpaired) electrons. The molecule has 2 aromatic heterocycles. The number of hydrogen-bond donors (Lipinski definition) is 5. The van der Waals surface area contributed by atoms with Gasteiger partial charge in [-0.3, -0.25) is 4.79 Å². The highest BCUT2D eigenvalue weighted by Gasteiger charge is 2.28. The van der Waals surface area contributed by atoms with Crippen LogP contribution in [0.3, 0.4) is 0 Å². The SMILES string of the molecule is Cc1[nH]c2c(c1C(=O)NCC(O)CN1CCCC1)CCC=C2c1c(O)[nH]c2ccc(F)cc12. The van der Waals surface area contributed by atoms with Crippen LogP contribution in [-0.2, 0) is 6.42 Å². The van der Waals surface area contributed by atoms with Crippen molar-refractivity contribution < 1.29 is 19.4 Å². The monoisotopic (exact) mass is 452 g/mol. The zero-order chi connectivity index (χ0) is 23.1. The number of hydrogen-bond acceptors (Lipinski definition) is 4. The topological polar surface area (TPSA) is 104 Å². The number of aromatic nitrogens is 2. The van der Waals surface area contributed by atoms with Gasteiger partial charge in [0.25, 0.3) is 5.91 Å². The van der Waals surface area contributed by atoms with Crippen molar-refractivity contribution in [3.63, 3.8) is 0 Å². The van der Waals surface area contributed by atoms with Crippen molar-refractivity contribution in [2.75, 3.05) is 26.2 Å². The molecule has 1 amide bonds. The average molecular weight is 453 g/mol. The first-order chi connectivity index (χ1) is 15.9. The van der Waals surface area contributed by atoms with Gasteiger partial charge in [0.1, 0.15) is 5.82 Å². The van der Waals surface area contributed by atoms with Gasteiger partial charge in [-0.2, -0.15) is 0 Å². The Morgan fingerprint density at radius 2 is 2.06 bits per heavy atom. The second kappa shape index (κ2) is 8.68. The number of likely N-dealkylation sites (tertiary alicyclic amines) is 1. The van der Waals surface area contributed by atoms with E-state index >= 15 is 0 Å². The van der Waals surface area contributed by atoms with Gasteiger partial charge in [-0.25, -0.2) is 4.39 Å². The van der Waals surface area contributed by atoms with E-state index in [0.29, 0.717) is 41.4 Å². The number of amides is 1. The highest BCUT2D eigenvalue weighted by Crippen LogP contribution is 2.41. The second-order valence-electron chi connectivity index (χ2n) is 9.05.